The lowest BCUT2D eigenvalue weighted by molar-refractivity contribution is 0.455. The quantitative estimate of drug-likeness (QED) is 0.761. The van der Waals surface area contributed by atoms with Crippen LogP contribution in [0.2, 0.25) is 0 Å². The Morgan fingerprint density at radius 3 is 2.38 bits per heavy atom. The third kappa shape index (κ3) is 3.89. The Kier molecular flexibility index (Phi) is 5.12. The highest BCUT2D eigenvalue weighted by Gasteiger charge is 2.20. The van der Waals surface area contributed by atoms with E-state index in [9.17, 15) is 8.78 Å². The molecule has 112 valence electrons. The van der Waals surface area contributed by atoms with Gasteiger partial charge in [0.15, 0.2) is 0 Å². The first kappa shape index (κ1) is 16.1. The maximum absolute atomic E-state index is 13.9. The molecule has 1 nitrogen and oxygen atoms in total. The molecule has 21 heavy (non-hydrogen) atoms. The molecule has 0 aromatic heterocycles. The van der Waals surface area contributed by atoms with Crippen molar-refractivity contribution in [2.75, 3.05) is 6.54 Å². The summed E-state index contributed by atoms with van der Waals surface area (Å²) < 4.78 is 27.8. The molecule has 0 fully saturated rings. The monoisotopic (exact) mass is 353 g/mol. The van der Waals surface area contributed by atoms with Gasteiger partial charge in [-0.05, 0) is 33.6 Å². The fourth-order valence-corrected chi connectivity index (χ4v) is 2.59. The molecule has 0 aliphatic carbocycles. The Labute approximate surface area is 132 Å². The summed E-state index contributed by atoms with van der Waals surface area (Å²) in [5.74, 6) is -1.07. The molecule has 0 aliphatic heterocycles. The Bertz CT molecular complexity index is 612. The molecule has 0 aliphatic rings. The van der Waals surface area contributed by atoms with Crippen molar-refractivity contribution in [1.29, 1.82) is 0 Å². The summed E-state index contributed by atoms with van der Waals surface area (Å²) in [6.45, 7) is 4.99. The van der Waals surface area contributed by atoms with Crippen molar-refractivity contribution in [1.82, 2.24) is 5.32 Å². The van der Waals surface area contributed by atoms with Gasteiger partial charge in [-0.15, -0.1) is 0 Å². The molecule has 0 bridgehead atoms. The van der Waals surface area contributed by atoms with Gasteiger partial charge >= 0.3 is 0 Å². The second-order valence-corrected chi connectivity index (χ2v) is 6.53. The topological polar surface area (TPSA) is 12.0 Å². The normalized spacial score (nSPS) is 11.7. The first-order valence-corrected chi connectivity index (χ1v) is 7.60. The van der Waals surface area contributed by atoms with Crippen LogP contribution in [0, 0.1) is 11.6 Å². The van der Waals surface area contributed by atoms with Crippen molar-refractivity contribution < 1.29 is 8.78 Å². The second kappa shape index (κ2) is 6.67. The van der Waals surface area contributed by atoms with Gasteiger partial charge < -0.3 is 5.32 Å². The predicted octanol–water partition coefficient (Wildman–Crippen LogP) is 4.79. The molecule has 0 heterocycles. The Morgan fingerprint density at radius 1 is 1.05 bits per heavy atom. The molecule has 0 saturated heterocycles. The van der Waals surface area contributed by atoms with Crippen LogP contribution in [0.25, 0.3) is 0 Å². The minimum Gasteiger partial charge on any atom is -0.312 e. The van der Waals surface area contributed by atoms with Crippen molar-refractivity contribution in [2.24, 2.45) is 0 Å². The Balaban J connectivity index is 2.04. The fourth-order valence-electron chi connectivity index (χ4n) is 2.22. The highest BCUT2D eigenvalue weighted by Crippen LogP contribution is 2.24. The predicted molar refractivity (Wildman–Crippen MR) is 85.2 cm³/mol. The highest BCUT2D eigenvalue weighted by atomic mass is 79.9. The summed E-state index contributed by atoms with van der Waals surface area (Å²) in [6, 6.07) is 12.7. The fraction of sp³-hybridized carbons (Fsp3) is 0.294. The van der Waals surface area contributed by atoms with Crippen LogP contribution >= 0.6 is 15.9 Å². The molecule has 0 radical (unpaired) electrons. The van der Waals surface area contributed by atoms with Crippen LogP contribution in [0.4, 0.5) is 8.78 Å². The van der Waals surface area contributed by atoms with Gasteiger partial charge in [0.25, 0.3) is 0 Å². The summed E-state index contributed by atoms with van der Waals surface area (Å²) >= 11 is 3.08. The summed E-state index contributed by atoms with van der Waals surface area (Å²) in [5, 5.41) is 3.15. The SMILES string of the molecule is CC(C)(CNCc1c(F)ccc(Br)c1F)c1ccccc1. The molecule has 0 atom stereocenters. The van der Waals surface area contributed by atoms with Gasteiger partial charge in [-0.3, -0.25) is 0 Å². The van der Waals surface area contributed by atoms with Gasteiger partial charge in [0.2, 0.25) is 0 Å². The summed E-state index contributed by atoms with van der Waals surface area (Å²) in [7, 11) is 0. The number of nitrogens with one attached hydrogen (secondary N) is 1. The number of benzene rings is 2. The van der Waals surface area contributed by atoms with E-state index >= 15 is 0 Å². The smallest absolute Gasteiger partial charge is 0.144 e. The van der Waals surface area contributed by atoms with E-state index in [1.807, 2.05) is 18.2 Å². The zero-order chi connectivity index (χ0) is 15.5. The maximum atomic E-state index is 13.9. The van der Waals surface area contributed by atoms with Crippen LogP contribution in [0.5, 0.6) is 0 Å². The average molecular weight is 354 g/mol. The van der Waals surface area contributed by atoms with Gasteiger partial charge in [-0.1, -0.05) is 44.2 Å². The number of rotatable bonds is 5. The molecular formula is C17H18BrF2N. The summed E-state index contributed by atoms with van der Waals surface area (Å²) in [6.07, 6.45) is 0. The Morgan fingerprint density at radius 2 is 1.71 bits per heavy atom. The zero-order valence-corrected chi connectivity index (χ0v) is 13.7. The van der Waals surface area contributed by atoms with Gasteiger partial charge in [0.05, 0.1) is 4.47 Å². The van der Waals surface area contributed by atoms with E-state index in [0.29, 0.717) is 6.54 Å². The maximum Gasteiger partial charge on any atom is 0.144 e. The molecule has 2 rings (SSSR count). The van der Waals surface area contributed by atoms with Gasteiger partial charge in [0.1, 0.15) is 11.6 Å². The van der Waals surface area contributed by atoms with E-state index in [4.69, 9.17) is 0 Å². The van der Waals surface area contributed by atoms with Gasteiger partial charge in [-0.25, -0.2) is 8.78 Å². The number of halogens is 3. The van der Waals surface area contributed by atoms with Gasteiger partial charge in [0, 0.05) is 24.1 Å². The van der Waals surface area contributed by atoms with Crippen molar-refractivity contribution in [2.45, 2.75) is 25.8 Å². The van der Waals surface area contributed by atoms with Crippen LogP contribution in [0.15, 0.2) is 46.9 Å². The molecule has 0 spiro atoms. The van der Waals surface area contributed by atoms with Crippen LogP contribution in [0.3, 0.4) is 0 Å². The number of hydrogen-bond acceptors (Lipinski definition) is 1. The second-order valence-electron chi connectivity index (χ2n) is 5.68. The third-order valence-corrected chi connectivity index (χ3v) is 4.18. The van der Waals surface area contributed by atoms with E-state index in [0.717, 1.165) is 0 Å². The van der Waals surface area contributed by atoms with Crippen molar-refractivity contribution in [3.05, 3.63) is 69.7 Å². The molecule has 4 heteroatoms. The van der Waals surface area contributed by atoms with Crippen LogP contribution in [-0.4, -0.2) is 6.54 Å². The molecule has 0 saturated carbocycles. The van der Waals surface area contributed by atoms with Crippen LogP contribution in [0.1, 0.15) is 25.0 Å². The largest absolute Gasteiger partial charge is 0.312 e. The lowest BCUT2D eigenvalue weighted by Crippen LogP contribution is -2.33. The van der Waals surface area contributed by atoms with E-state index in [1.54, 1.807) is 0 Å². The molecule has 1 N–H and O–H groups in total. The van der Waals surface area contributed by atoms with E-state index in [1.165, 1.54) is 17.7 Å². The first-order valence-electron chi connectivity index (χ1n) is 6.80. The van der Waals surface area contributed by atoms with Gasteiger partial charge in [-0.2, -0.15) is 0 Å². The highest BCUT2D eigenvalue weighted by molar-refractivity contribution is 9.10. The lowest BCUT2D eigenvalue weighted by atomic mass is 9.84. The number of hydrogen-bond donors (Lipinski definition) is 1. The molecule has 0 unspecified atom stereocenters. The van der Waals surface area contributed by atoms with Crippen molar-refractivity contribution >= 4 is 15.9 Å². The van der Waals surface area contributed by atoms with Crippen molar-refractivity contribution in [3.8, 4) is 0 Å². The molecular weight excluding hydrogens is 336 g/mol. The molecule has 2 aromatic rings. The average Bonchev–Trinajstić information content (AvgIpc) is 2.48. The Hall–Kier alpha value is -1.26. The van der Waals surface area contributed by atoms with E-state index < -0.39 is 11.6 Å². The van der Waals surface area contributed by atoms with Crippen LogP contribution < -0.4 is 5.32 Å². The first-order chi connectivity index (χ1) is 9.92. The summed E-state index contributed by atoms with van der Waals surface area (Å²) in [4.78, 5) is 0. The minimum atomic E-state index is -0.542. The zero-order valence-electron chi connectivity index (χ0n) is 12.1. The molecule has 0 amide bonds. The summed E-state index contributed by atoms with van der Waals surface area (Å²) in [5.41, 5.74) is 1.14. The van der Waals surface area contributed by atoms with E-state index in [2.05, 4.69) is 47.2 Å². The van der Waals surface area contributed by atoms with Crippen LogP contribution in [-0.2, 0) is 12.0 Å². The lowest BCUT2D eigenvalue weighted by Gasteiger charge is -2.26. The standard InChI is InChI=1S/C17H18BrF2N/c1-17(2,12-6-4-3-5-7-12)11-21-10-13-15(19)9-8-14(18)16(13)20/h3-9,21H,10-11H2,1-2H3. The van der Waals surface area contributed by atoms with Crippen molar-refractivity contribution in [3.63, 3.8) is 0 Å². The minimum absolute atomic E-state index is 0.0632. The van der Waals surface area contributed by atoms with E-state index in [-0.39, 0.29) is 22.0 Å². The molecule has 2 aromatic carbocycles. The third-order valence-electron chi connectivity index (χ3n) is 3.56.